The third-order valence-electron chi connectivity index (χ3n) is 5.64. The number of carbonyl (C=O) groups excluding carboxylic acids is 1. The average molecular weight is 344 g/mol. The quantitative estimate of drug-likeness (QED) is 0.890. The molecule has 0 unspecified atom stereocenters. The summed E-state index contributed by atoms with van der Waals surface area (Å²) in [5, 5.41) is 9.40. The molecule has 25 heavy (non-hydrogen) atoms. The number of carboxylic acid groups (broad SMARTS) is 1. The number of nitrogens with zero attached hydrogens (tertiary/aromatic N) is 2. The maximum Gasteiger partial charge on any atom is 0.307 e. The molecule has 0 radical (unpaired) electrons. The Bertz CT molecular complexity index is 582. The normalized spacial score (nSPS) is 24.9. The van der Waals surface area contributed by atoms with Crippen LogP contribution >= 0.6 is 0 Å². The smallest absolute Gasteiger partial charge is 0.307 e. The predicted molar refractivity (Wildman–Crippen MR) is 96.2 cm³/mol. The van der Waals surface area contributed by atoms with Gasteiger partial charge in [-0.3, -0.25) is 14.5 Å². The number of hydrogen-bond acceptors (Lipinski definition) is 3. The second-order valence-corrected chi connectivity index (χ2v) is 7.24. The van der Waals surface area contributed by atoms with Crippen molar-refractivity contribution in [2.75, 3.05) is 32.7 Å². The van der Waals surface area contributed by atoms with Gasteiger partial charge < -0.3 is 10.0 Å². The number of hydrogen-bond donors (Lipinski definition) is 1. The summed E-state index contributed by atoms with van der Waals surface area (Å²) in [7, 11) is 0. The molecule has 1 aromatic rings. The van der Waals surface area contributed by atoms with Gasteiger partial charge in [0.05, 0.1) is 11.8 Å². The van der Waals surface area contributed by atoms with E-state index in [2.05, 4.69) is 29.2 Å². The summed E-state index contributed by atoms with van der Waals surface area (Å²) in [6.45, 7) is 4.20. The molecule has 2 atom stereocenters. The van der Waals surface area contributed by atoms with Crippen LogP contribution in [0.3, 0.4) is 0 Å². The Balaban J connectivity index is 1.48. The van der Waals surface area contributed by atoms with Crippen molar-refractivity contribution in [1.29, 1.82) is 0 Å². The summed E-state index contributed by atoms with van der Waals surface area (Å²) in [4.78, 5) is 28.5. The van der Waals surface area contributed by atoms with Crippen molar-refractivity contribution in [2.45, 2.75) is 32.1 Å². The highest BCUT2D eigenvalue weighted by atomic mass is 16.4. The molecule has 3 rings (SSSR count). The van der Waals surface area contributed by atoms with E-state index in [1.807, 2.05) is 11.0 Å². The van der Waals surface area contributed by atoms with E-state index < -0.39 is 11.9 Å². The molecular weight excluding hydrogens is 316 g/mol. The summed E-state index contributed by atoms with van der Waals surface area (Å²) >= 11 is 0. The van der Waals surface area contributed by atoms with Gasteiger partial charge in [-0.05, 0) is 24.8 Å². The molecule has 1 N–H and O–H groups in total. The molecule has 5 heteroatoms. The first kappa shape index (κ1) is 17.9. The lowest BCUT2D eigenvalue weighted by Crippen LogP contribution is -2.52. The van der Waals surface area contributed by atoms with Gasteiger partial charge in [0, 0.05) is 32.7 Å². The maximum atomic E-state index is 12.8. The van der Waals surface area contributed by atoms with Crippen LogP contribution < -0.4 is 0 Å². The Kier molecular flexibility index (Phi) is 6.08. The molecule has 1 heterocycles. The van der Waals surface area contributed by atoms with Crippen molar-refractivity contribution >= 4 is 11.9 Å². The van der Waals surface area contributed by atoms with Crippen molar-refractivity contribution in [3.63, 3.8) is 0 Å². The zero-order valence-electron chi connectivity index (χ0n) is 14.8. The molecule has 2 fully saturated rings. The molecular formula is C20H28N2O3. The summed E-state index contributed by atoms with van der Waals surface area (Å²) in [5.74, 6) is -1.55. The number of rotatable bonds is 5. The zero-order chi connectivity index (χ0) is 17.6. The van der Waals surface area contributed by atoms with E-state index in [1.165, 1.54) is 5.56 Å². The van der Waals surface area contributed by atoms with E-state index in [0.717, 1.165) is 58.4 Å². The third-order valence-corrected chi connectivity index (χ3v) is 5.64. The molecule has 136 valence electrons. The Morgan fingerprint density at radius 1 is 0.960 bits per heavy atom. The molecule has 2 aliphatic rings. The SMILES string of the molecule is O=C(O)[C@H]1CCCC[C@@H]1C(=O)N1CCN(CCc2ccccc2)CC1. The van der Waals surface area contributed by atoms with Gasteiger partial charge in [-0.25, -0.2) is 0 Å². The van der Waals surface area contributed by atoms with Crippen LogP contribution in [0.5, 0.6) is 0 Å². The van der Waals surface area contributed by atoms with Crippen molar-refractivity contribution in [2.24, 2.45) is 11.8 Å². The van der Waals surface area contributed by atoms with E-state index in [9.17, 15) is 14.7 Å². The van der Waals surface area contributed by atoms with E-state index in [-0.39, 0.29) is 11.8 Å². The van der Waals surface area contributed by atoms with Crippen LogP contribution in [0.25, 0.3) is 0 Å². The Labute approximate surface area is 149 Å². The van der Waals surface area contributed by atoms with Crippen LogP contribution in [-0.4, -0.2) is 59.5 Å². The van der Waals surface area contributed by atoms with Crippen LogP contribution in [0.4, 0.5) is 0 Å². The second-order valence-electron chi connectivity index (χ2n) is 7.24. The first-order chi connectivity index (χ1) is 12.1. The Hall–Kier alpha value is -1.88. The molecule has 1 amide bonds. The Morgan fingerprint density at radius 3 is 2.24 bits per heavy atom. The van der Waals surface area contributed by atoms with Gasteiger partial charge in [0.15, 0.2) is 0 Å². The van der Waals surface area contributed by atoms with Crippen molar-refractivity contribution in [3.8, 4) is 0 Å². The molecule has 0 aromatic heterocycles. The van der Waals surface area contributed by atoms with Crippen LogP contribution in [-0.2, 0) is 16.0 Å². The van der Waals surface area contributed by atoms with Crippen LogP contribution in [0.15, 0.2) is 30.3 Å². The van der Waals surface area contributed by atoms with Crippen LogP contribution in [0, 0.1) is 11.8 Å². The summed E-state index contributed by atoms with van der Waals surface area (Å²) in [6.07, 6.45) is 4.29. The van der Waals surface area contributed by atoms with Gasteiger partial charge in [0.25, 0.3) is 0 Å². The minimum absolute atomic E-state index is 0.0646. The third kappa shape index (κ3) is 4.60. The van der Waals surface area contributed by atoms with Crippen LogP contribution in [0.1, 0.15) is 31.2 Å². The summed E-state index contributed by atoms with van der Waals surface area (Å²) in [5.41, 5.74) is 1.34. The van der Waals surface area contributed by atoms with E-state index in [1.54, 1.807) is 0 Å². The predicted octanol–water partition coefficient (Wildman–Crippen LogP) is 2.26. The first-order valence-electron chi connectivity index (χ1n) is 9.43. The van der Waals surface area contributed by atoms with Gasteiger partial charge in [0.1, 0.15) is 0 Å². The zero-order valence-corrected chi connectivity index (χ0v) is 14.8. The average Bonchev–Trinajstić information content (AvgIpc) is 2.67. The highest BCUT2D eigenvalue weighted by molar-refractivity contribution is 5.85. The molecule has 1 saturated carbocycles. The first-order valence-corrected chi connectivity index (χ1v) is 9.43. The van der Waals surface area contributed by atoms with Gasteiger partial charge in [-0.2, -0.15) is 0 Å². The number of benzene rings is 1. The van der Waals surface area contributed by atoms with Crippen molar-refractivity contribution in [1.82, 2.24) is 9.80 Å². The number of aliphatic carboxylic acids is 1. The molecule has 1 saturated heterocycles. The lowest BCUT2D eigenvalue weighted by molar-refractivity contribution is -0.153. The van der Waals surface area contributed by atoms with Gasteiger partial charge in [-0.15, -0.1) is 0 Å². The van der Waals surface area contributed by atoms with Gasteiger partial charge >= 0.3 is 5.97 Å². The highest BCUT2D eigenvalue weighted by Crippen LogP contribution is 2.32. The molecule has 1 aromatic carbocycles. The van der Waals surface area contributed by atoms with Crippen LogP contribution in [0.2, 0.25) is 0 Å². The fourth-order valence-electron chi connectivity index (χ4n) is 4.08. The van der Waals surface area contributed by atoms with Crippen molar-refractivity contribution < 1.29 is 14.7 Å². The number of carbonyl (C=O) groups is 2. The molecule has 0 bridgehead atoms. The number of carboxylic acids is 1. The molecule has 1 aliphatic carbocycles. The molecule has 0 spiro atoms. The lowest BCUT2D eigenvalue weighted by Gasteiger charge is -2.38. The minimum atomic E-state index is -0.806. The van der Waals surface area contributed by atoms with E-state index in [0.29, 0.717) is 6.42 Å². The number of amides is 1. The topological polar surface area (TPSA) is 60.9 Å². The maximum absolute atomic E-state index is 12.8. The lowest BCUT2D eigenvalue weighted by atomic mass is 9.78. The van der Waals surface area contributed by atoms with Gasteiger partial charge in [-0.1, -0.05) is 43.2 Å². The van der Waals surface area contributed by atoms with Gasteiger partial charge in [0.2, 0.25) is 5.91 Å². The second kappa shape index (κ2) is 8.48. The number of piperazine rings is 1. The highest BCUT2D eigenvalue weighted by Gasteiger charge is 2.38. The fourth-order valence-corrected chi connectivity index (χ4v) is 4.08. The monoisotopic (exact) mass is 344 g/mol. The fraction of sp³-hybridized carbons (Fsp3) is 0.600. The molecule has 5 nitrogen and oxygen atoms in total. The minimum Gasteiger partial charge on any atom is -0.481 e. The summed E-state index contributed by atoms with van der Waals surface area (Å²) in [6, 6.07) is 10.5. The van der Waals surface area contributed by atoms with E-state index in [4.69, 9.17) is 0 Å². The largest absolute Gasteiger partial charge is 0.481 e. The standard InChI is InChI=1S/C20H28N2O3/c23-19(17-8-4-5-9-18(17)20(24)25)22-14-12-21(13-15-22)11-10-16-6-2-1-3-7-16/h1-3,6-7,17-18H,4-5,8-15H2,(H,24,25)/t17-,18-/m0/s1. The Morgan fingerprint density at radius 2 is 1.60 bits per heavy atom. The molecule has 1 aliphatic heterocycles. The summed E-state index contributed by atoms with van der Waals surface area (Å²) < 4.78 is 0. The van der Waals surface area contributed by atoms with Crippen molar-refractivity contribution in [3.05, 3.63) is 35.9 Å². The van der Waals surface area contributed by atoms with E-state index >= 15 is 0 Å².